The number of benzene rings is 3. The Hall–Kier alpha value is -3.04. The lowest BCUT2D eigenvalue weighted by Crippen LogP contribution is -2.03. The third kappa shape index (κ3) is 6.30. The van der Waals surface area contributed by atoms with Crippen molar-refractivity contribution in [1.82, 2.24) is 0 Å². The van der Waals surface area contributed by atoms with E-state index in [2.05, 4.69) is 27.7 Å². The number of hydrogen-bond acceptors (Lipinski definition) is 3. The van der Waals surface area contributed by atoms with Gasteiger partial charge < -0.3 is 9.47 Å². The molecule has 0 aliphatic rings. The summed E-state index contributed by atoms with van der Waals surface area (Å²) >= 11 is 6.33. The van der Waals surface area contributed by atoms with Gasteiger partial charge in [-0.2, -0.15) is 0 Å². The van der Waals surface area contributed by atoms with Crippen molar-refractivity contribution >= 4 is 23.5 Å². The van der Waals surface area contributed by atoms with Gasteiger partial charge in [-0.3, -0.25) is 4.79 Å². The summed E-state index contributed by atoms with van der Waals surface area (Å²) in [7, 11) is 1.64. The quantitative estimate of drug-likeness (QED) is 0.230. The Morgan fingerprint density at radius 2 is 1.65 bits per heavy atom. The van der Waals surface area contributed by atoms with E-state index in [-0.39, 0.29) is 11.7 Å². The van der Waals surface area contributed by atoms with Gasteiger partial charge in [0.2, 0.25) is 0 Å². The predicted octanol–water partition coefficient (Wildman–Crippen LogP) is 8.38. The maximum absolute atomic E-state index is 12.6. The molecule has 3 nitrogen and oxygen atoms in total. The molecular formula is C30H33ClO3. The van der Waals surface area contributed by atoms with E-state index >= 15 is 0 Å². The number of ether oxygens (including phenoxy) is 2. The monoisotopic (exact) mass is 476 g/mol. The van der Waals surface area contributed by atoms with E-state index in [9.17, 15) is 4.79 Å². The van der Waals surface area contributed by atoms with Crippen LogP contribution in [0.4, 0.5) is 0 Å². The number of allylic oxidation sites excluding steroid dienone is 1. The Bertz CT molecular complexity index is 1170. The third-order valence-corrected chi connectivity index (χ3v) is 6.30. The summed E-state index contributed by atoms with van der Waals surface area (Å²) in [5.74, 6) is 2.25. The second-order valence-corrected chi connectivity index (χ2v) is 9.54. The fourth-order valence-electron chi connectivity index (χ4n) is 3.72. The highest BCUT2D eigenvalue weighted by atomic mass is 35.5. The van der Waals surface area contributed by atoms with Gasteiger partial charge in [-0.15, -0.1) is 0 Å². The van der Waals surface area contributed by atoms with E-state index in [0.29, 0.717) is 18.1 Å². The van der Waals surface area contributed by atoms with Crippen molar-refractivity contribution in [2.75, 3.05) is 7.11 Å². The van der Waals surface area contributed by atoms with Crippen molar-refractivity contribution in [1.29, 1.82) is 0 Å². The van der Waals surface area contributed by atoms with Crippen LogP contribution in [0.3, 0.4) is 0 Å². The molecule has 0 amide bonds. The van der Waals surface area contributed by atoms with Crippen molar-refractivity contribution in [2.24, 2.45) is 0 Å². The molecule has 34 heavy (non-hydrogen) atoms. The molecule has 4 heteroatoms. The molecule has 0 spiro atoms. The molecule has 3 rings (SSSR count). The van der Waals surface area contributed by atoms with E-state index in [4.69, 9.17) is 21.1 Å². The molecule has 0 fully saturated rings. The number of rotatable bonds is 9. The summed E-state index contributed by atoms with van der Waals surface area (Å²) in [5.41, 5.74) is 5.75. The Balaban J connectivity index is 1.78. The van der Waals surface area contributed by atoms with Gasteiger partial charge >= 0.3 is 0 Å². The molecule has 0 radical (unpaired) electrons. The molecule has 3 aromatic rings. The molecule has 0 aromatic heterocycles. The lowest BCUT2D eigenvalue weighted by molar-refractivity contribution is 0.104. The topological polar surface area (TPSA) is 35.5 Å². The number of halogens is 1. The number of ketones is 1. The highest BCUT2D eigenvalue weighted by Crippen LogP contribution is 2.33. The Labute approximate surface area is 208 Å². The van der Waals surface area contributed by atoms with E-state index in [1.54, 1.807) is 13.2 Å². The summed E-state index contributed by atoms with van der Waals surface area (Å²) in [6.07, 6.45) is 3.43. The van der Waals surface area contributed by atoms with Crippen LogP contribution < -0.4 is 9.47 Å². The molecule has 0 bridgehead atoms. The van der Waals surface area contributed by atoms with E-state index in [1.165, 1.54) is 5.56 Å². The molecular weight excluding hydrogens is 444 g/mol. The largest absolute Gasteiger partial charge is 0.496 e. The van der Waals surface area contributed by atoms with E-state index < -0.39 is 0 Å². The van der Waals surface area contributed by atoms with Gasteiger partial charge in [-0.1, -0.05) is 75.7 Å². The van der Waals surface area contributed by atoms with Crippen molar-refractivity contribution in [3.8, 4) is 11.5 Å². The van der Waals surface area contributed by atoms with Crippen LogP contribution in [0.25, 0.3) is 6.08 Å². The molecule has 0 heterocycles. The van der Waals surface area contributed by atoms with Crippen LogP contribution in [-0.2, 0) is 6.61 Å². The van der Waals surface area contributed by atoms with Gasteiger partial charge in [0, 0.05) is 16.1 Å². The maximum Gasteiger partial charge on any atom is 0.185 e. The highest BCUT2D eigenvalue weighted by Gasteiger charge is 2.13. The Morgan fingerprint density at radius 1 is 0.941 bits per heavy atom. The van der Waals surface area contributed by atoms with Crippen LogP contribution >= 0.6 is 11.6 Å². The average molecular weight is 477 g/mol. The van der Waals surface area contributed by atoms with Crippen LogP contribution in [0.5, 0.6) is 11.5 Å². The molecule has 0 N–H and O–H groups in total. The second kappa shape index (κ2) is 11.4. The normalized spacial score (nSPS) is 11.4. The molecule has 0 saturated carbocycles. The maximum atomic E-state index is 12.6. The highest BCUT2D eigenvalue weighted by molar-refractivity contribution is 6.31. The number of hydrogen-bond donors (Lipinski definition) is 0. The average Bonchev–Trinajstić information content (AvgIpc) is 2.82. The second-order valence-electron chi connectivity index (χ2n) is 9.13. The first-order valence-electron chi connectivity index (χ1n) is 11.6. The zero-order chi connectivity index (χ0) is 24.8. The van der Waals surface area contributed by atoms with Gasteiger partial charge in [0.25, 0.3) is 0 Å². The molecule has 0 aliphatic carbocycles. The first-order valence-corrected chi connectivity index (χ1v) is 12.0. The molecule has 3 aromatic carbocycles. The minimum atomic E-state index is -0.0258. The molecule has 0 atom stereocenters. The smallest absolute Gasteiger partial charge is 0.185 e. The lowest BCUT2D eigenvalue weighted by Gasteiger charge is -2.17. The van der Waals surface area contributed by atoms with E-state index in [1.807, 2.05) is 67.6 Å². The number of carbonyl (C=O) groups excluding carboxylic acids is 1. The Kier molecular flexibility index (Phi) is 8.57. The summed E-state index contributed by atoms with van der Waals surface area (Å²) < 4.78 is 11.8. The predicted molar refractivity (Wildman–Crippen MR) is 141 cm³/mol. The summed E-state index contributed by atoms with van der Waals surface area (Å²) in [6.45, 7) is 10.8. The number of aryl methyl sites for hydroxylation is 1. The van der Waals surface area contributed by atoms with Crippen molar-refractivity contribution in [3.63, 3.8) is 0 Å². The van der Waals surface area contributed by atoms with Crippen molar-refractivity contribution < 1.29 is 14.3 Å². The fourth-order valence-corrected chi connectivity index (χ4v) is 3.89. The molecule has 0 aliphatic heterocycles. The molecule has 0 saturated heterocycles. The zero-order valence-corrected chi connectivity index (χ0v) is 21.6. The summed E-state index contributed by atoms with van der Waals surface area (Å²) in [6, 6.07) is 17.6. The number of carbonyl (C=O) groups is 1. The van der Waals surface area contributed by atoms with Gasteiger partial charge in [-0.25, -0.2) is 0 Å². The van der Waals surface area contributed by atoms with Gasteiger partial charge in [0.15, 0.2) is 5.78 Å². The van der Waals surface area contributed by atoms with Crippen molar-refractivity contribution in [3.05, 3.63) is 99.1 Å². The first kappa shape index (κ1) is 25.6. The molecule has 178 valence electrons. The standard InChI is InChI=1S/C30H33ClO3/c1-19(2)23-9-11-24(12-10-23)28(32)13-7-22-8-14-29(33-6)25(16-22)18-34-30-15-21(5)27(31)17-26(30)20(3)4/h7-17,19-20H,18H2,1-6H3/b13-7+. The molecule has 0 unspecified atom stereocenters. The van der Waals surface area contributed by atoms with Crippen molar-refractivity contribution in [2.45, 2.75) is 53.1 Å². The van der Waals surface area contributed by atoms with Crippen LogP contribution in [0.15, 0.2) is 60.7 Å². The zero-order valence-electron chi connectivity index (χ0n) is 20.8. The summed E-state index contributed by atoms with van der Waals surface area (Å²) in [4.78, 5) is 12.6. The first-order chi connectivity index (χ1) is 16.2. The van der Waals surface area contributed by atoms with Crippen LogP contribution in [0.2, 0.25) is 5.02 Å². The lowest BCUT2D eigenvalue weighted by atomic mass is 10.00. The number of methoxy groups -OCH3 is 1. The van der Waals surface area contributed by atoms with Crippen LogP contribution in [0, 0.1) is 6.92 Å². The Morgan fingerprint density at radius 3 is 2.26 bits per heavy atom. The SMILES string of the molecule is COc1ccc(/C=C/C(=O)c2ccc(C(C)C)cc2)cc1COc1cc(C)c(Cl)cc1C(C)C. The van der Waals surface area contributed by atoms with Gasteiger partial charge in [0.05, 0.1) is 7.11 Å². The van der Waals surface area contributed by atoms with E-state index in [0.717, 1.165) is 38.8 Å². The van der Waals surface area contributed by atoms with Gasteiger partial charge in [-0.05, 0) is 71.4 Å². The minimum Gasteiger partial charge on any atom is -0.496 e. The summed E-state index contributed by atoms with van der Waals surface area (Å²) in [5, 5.41) is 0.740. The van der Waals surface area contributed by atoms with Crippen LogP contribution in [0.1, 0.15) is 77.7 Å². The van der Waals surface area contributed by atoms with Crippen LogP contribution in [-0.4, -0.2) is 12.9 Å². The minimum absolute atomic E-state index is 0.0258. The fraction of sp³-hybridized carbons (Fsp3) is 0.300. The third-order valence-electron chi connectivity index (χ3n) is 5.89. The van der Waals surface area contributed by atoms with Gasteiger partial charge in [0.1, 0.15) is 18.1 Å².